The van der Waals surface area contributed by atoms with Crippen molar-refractivity contribution in [3.8, 4) is 0 Å². The molecule has 8 heteroatoms. The molecule has 2 aliphatic heterocycles. The van der Waals surface area contributed by atoms with E-state index in [0.29, 0.717) is 6.54 Å². The Morgan fingerprint density at radius 2 is 2.24 bits per heavy atom. The number of aryl methyl sites for hydroxylation is 1. The lowest BCUT2D eigenvalue weighted by Gasteiger charge is -2.43. The third-order valence-corrected chi connectivity index (χ3v) is 6.25. The van der Waals surface area contributed by atoms with Crippen molar-refractivity contribution in [2.24, 2.45) is 12.0 Å². The topological polar surface area (TPSA) is 66.7 Å². The Hall–Kier alpha value is -1.25. The van der Waals surface area contributed by atoms with Gasteiger partial charge in [0.15, 0.2) is 5.96 Å². The predicted octanol–water partition coefficient (Wildman–Crippen LogP) is 0.683. The van der Waals surface area contributed by atoms with Crippen LogP contribution in [-0.2, 0) is 18.3 Å². The van der Waals surface area contributed by atoms with Gasteiger partial charge in [0.2, 0.25) is 0 Å². The van der Waals surface area contributed by atoms with E-state index in [-0.39, 0.29) is 5.54 Å². The van der Waals surface area contributed by atoms with E-state index in [4.69, 9.17) is 9.73 Å². The van der Waals surface area contributed by atoms with Crippen LogP contribution in [0.15, 0.2) is 17.3 Å². The van der Waals surface area contributed by atoms with Gasteiger partial charge in [0.05, 0.1) is 25.5 Å². The van der Waals surface area contributed by atoms with E-state index in [0.717, 1.165) is 51.0 Å². The number of ether oxygens (including phenoxy) is 1. The monoisotopic (exact) mass is 366 g/mol. The van der Waals surface area contributed by atoms with Crippen molar-refractivity contribution < 1.29 is 4.74 Å². The number of thioether (sulfide) groups is 1. The van der Waals surface area contributed by atoms with Gasteiger partial charge in [-0.2, -0.15) is 16.9 Å². The highest BCUT2D eigenvalue weighted by Crippen LogP contribution is 2.33. The molecule has 140 valence electrons. The number of aromatic nitrogens is 2. The van der Waals surface area contributed by atoms with E-state index >= 15 is 0 Å². The summed E-state index contributed by atoms with van der Waals surface area (Å²) < 4.78 is 7.42. The molecule has 3 heterocycles. The van der Waals surface area contributed by atoms with Crippen molar-refractivity contribution in [3.05, 3.63) is 18.0 Å². The number of nitrogens with zero attached hydrogens (tertiary/aromatic N) is 4. The summed E-state index contributed by atoms with van der Waals surface area (Å²) in [6, 6.07) is 2.01. The molecule has 0 saturated carbocycles. The molecule has 2 aliphatic rings. The van der Waals surface area contributed by atoms with Crippen LogP contribution in [0.25, 0.3) is 0 Å². The molecular formula is C17H30N6OS. The van der Waals surface area contributed by atoms with Crippen LogP contribution in [0.3, 0.4) is 0 Å². The second-order valence-electron chi connectivity index (χ2n) is 6.62. The Kier molecular flexibility index (Phi) is 6.61. The summed E-state index contributed by atoms with van der Waals surface area (Å²) >= 11 is 2.06. The van der Waals surface area contributed by atoms with Gasteiger partial charge < -0.3 is 15.4 Å². The molecule has 1 aromatic heterocycles. The summed E-state index contributed by atoms with van der Waals surface area (Å²) in [6.45, 7) is 8.28. The minimum Gasteiger partial charge on any atom is -0.379 e. The average molecular weight is 367 g/mol. The molecular weight excluding hydrogens is 336 g/mol. The fourth-order valence-electron chi connectivity index (χ4n) is 3.44. The van der Waals surface area contributed by atoms with E-state index < -0.39 is 0 Å². The Morgan fingerprint density at radius 3 is 2.88 bits per heavy atom. The van der Waals surface area contributed by atoms with Gasteiger partial charge in [0.25, 0.3) is 0 Å². The maximum absolute atomic E-state index is 5.55. The SMILES string of the molecule is CCNC(=NCc1ccnn1C)NCC1(N2CCOCC2)CCSC1. The first kappa shape index (κ1) is 18.5. The van der Waals surface area contributed by atoms with Crippen LogP contribution < -0.4 is 10.6 Å². The van der Waals surface area contributed by atoms with Crippen LogP contribution in [0.1, 0.15) is 19.0 Å². The number of hydrogen-bond acceptors (Lipinski definition) is 5. The lowest BCUT2D eigenvalue weighted by Crippen LogP contribution is -2.60. The number of guanidine groups is 1. The number of rotatable bonds is 6. The summed E-state index contributed by atoms with van der Waals surface area (Å²) in [6.07, 6.45) is 3.04. The van der Waals surface area contributed by atoms with Crippen molar-refractivity contribution in [2.75, 3.05) is 50.9 Å². The third kappa shape index (κ3) is 4.68. The molecule has 1 aromatic rings. The van der Waals surface area contributed by atoms with E-state index in [1.165, 1.54) is 17.9 Å². The lowest BCUT2D eigenvalue weighted by atomic mass is 9.95. The first-order valence-corrected chi connectivity index (χ1v) is 10.3. The Labute approximate surface area is 154 Å². The van der Waals surface area contributed by atoms with Gasteiger partial charge in [0.1, 0.15) is 0 Å². The molecule has 0 aliphatic carbocycles. The van der Waals surface area contributed by atoms with Crippen LogP contribution in [0, 0.1) is 0 Å². The molecule has 0 bridgehead atoms. The highest BCUT2D eigenvalue weighted by Gasteiger charge is 2.40. The maximum Gasteiger partial charge on any atom is 0.191 e. The van der Waals surface area contributed by atoms with Gasteiger partial charge >= 0.3 is 0 Å². The molecule has 1 unspecified atom stereocenters. The molecule has 2 fully saturated rings. The van der Waals surface area contributed by atoms with E-state index in [1.54, 1.807) is 0 Å². The first-order chi connectivity index (χ1) is 12.2. The highest BCUT2D eigenvalue weighted by molar-refractivity contribution is 7.99. The van der Waals surface area contributed by atoms with Crippen molar-refractivity contribution in [2.45, 2.75) is 25.4 Å². The normalized spacial score (nSPS) is 25.3. The molecule has 7 nitrogen and oxygen atoms in total. The molecule has 25 heavy (non-hydrogen) atoms. The van der Waals surface area contributed by atoms with Crippen molar-refractivity contribution in [3.63, 3.8) is 0 Å². The summed E-state index contributed by atoms with van der Waals surface area (Å²) in [5.41, 5.74) is 1.33. The van der Waals surface area contributed by atoms with Crippen LogP contribution in [0.2, 0.25) is 0 Å². The van der Waals surface area contributed by atoms with E-state index in [2.05, 4.69) is 39.3 Å². The number of hydrogen-bond donors (Lipinski definition) is 2. The quantitative estimate of drug-likeness (QED) is 0.570. The van der Waals surface area contributed by atoms with Gasteiger partial charge in [-0.05, 0) is 25.2 Å². The summed E-state index contributed by atoms with van der Waals surface area (Å²) in [5, 5.41) is 11.2. The summed E-state index contributed by atoms with van der Waals surface area (Å²) in [4.78, 5) is 7.36. The van der Waals surface area contributed by atoms with Crippen LogP contribution >= 0.6 is 11.8 Å². The number of nitrogens with one attached hydrogen (secondary N) is 2. The fraction of sp³-hybridized carbons (Fsp3) is 0.765. The van der Waals surface area contributed by atoms with E-state index in [1.807, 2.05) is 24.0 Å². The van der Waals surface area contributed by atoms with E-state index in [9.17, 15) is 0 Å². The molecule has 1 atom stereocenters. The molecule has 0 spiro atoms. The van der Waals surface area contributed by atoms with Gasteiger partial charge in [-0.25, -0.2) is 4.99 Å². The molecule has 3 rings (SSSR count). The van der Waals surface area contributed by atoms with Gasteiger partial charge in [0, 0.05) is 50.7 Å². The van der Waals surface area contributed by atoms with Crippen LogP contribution in [0.5, 0.6) is 0 Å². The molecule has 2 saturated heterocycles. The molecule has 0 amide bonds. The second-order valence-corrected chi connectivity index (χ2v) is 7.73. The smallest absolute Gasteiger partial charge is 0.191 e. The standard InChI is InChI=1S/C17H30N6OS/c1-3-18-16(19-12-15-4-6-21-22(15)2)20-13-17(5-11-25-14-17)23-7-9-24-10-8-23/h4,6H,3,5,7-14H2,1-2H3,(H2,18,19,20). The summed E-state index contributed by atoms with van der Waals surface area (Å²) in [7, 11) is 1.95. The van der Waals surface area contributed by atoms with Crippen LogP contribution in [0.4, 0.5) is 0 Å². The van der Waals surface area contributed by atoms with Crippen molar-refractivity contribution in [1.82, 2.24) is 25.3 Å². The van der Waals surface area contributed by atoms with Crippen LogP contribution in [-0.4, -0.2) is 77.1 Å². The maximum atomic E-state index is 5.55. The van der Waals surface area contributed by atoms with Crippen molar-refractivity contribution >= 4 is 17.7 Å². The Bertz CT molecular complexity index is 563. The predicted molar refractivity (Wildman–Crippen MR) is 103 cm³/mol. The first-order valence-electron chi connectivity index (χ1n) is 9.13. The molecule has 0 radical (unpaired) electrons. The zero-order valence-electron chi connectivity index (χ0n) is 15.3. The number of morpholine rings is 1. The summed E-state index contributed by atoms with van der Waals surface area (Å²) in [5.74, 6) is 3.30. The lowest BCUT2D eigenvalue weighted by molar-refractivity contribution is -0.0120. The second kappa shape index (κ2) is 8.91. The minimum atomic E-state index is 0.219. The van der Waals surface area contributed by atoms with Gasteiger partial charge in [-0.15, -0.1) is 0 Å². The zero-order valence-corrected chi connectivity index (χ0v) is 16.1. The average Bonchev–Trinajstić information content (AvgIpc) is 3.28. The molecule has 0 aromatic carbocycles. The molecule has 2 N–H and O–H groups in total. The largest absolute Gasteiger partial charge is 0.379 e. The Morgan fingerprint density at radius 1 is 1.40 bits per heavy atom. The van der Waals surface area contributed by atoms with Gasteiger partial charge in [-0.3, -0.25) is 9.58 Å². The third-order valence-electron chi connectivity index (χ3n) is 5.02. The zero-order chi connectivity index (χ0) is 17.5. The van der Waals surface area contributed by atoms with Crippen molar-refractivity contribution in [1.29, 1.82) is 0 Å². The van der Waals surface area contributed by atoms with Gasteiger partial charge in [-0.1, -0.05) is 0 Å². The number of aliphatic imine (C=N–C) groups is 1. The fourth-order valence-corrected chi connectivity index (χ4v) is 4.92. The Balaban J connectivity index is 1.63. The minimum absolute atomic E-state index is 0.219. The highest BCUT2D eigenvalue weighted by atomic mass is 32.2.